The number of hydrogen-bond acceptors (Lipinski definition) is 12. The molecule has 0 aliphatic rings. The van der Waals surface area contributed by atoms with Crippen molar-refractivity contribution in [3.8, 4) is 0 Å². The Balaban J connectivity index is 0.000000388. The normalized spacial score (nSPS) is 12.3. The monoisotopic (exact) mass is 706 g/mol. The molecule has 0 aliphatic carbocycles. The number of carbonyl (C=O) groups is 3. The van der Waals surface area contributed by atoms with Gasteiger partial charge in [0.25, 0.3) is 11.1 Å². The standard InChI is InChI=1S/C11H12F2N4O4.C10H12N4O4.C2HClF2O2.Na/c1-5(9(19)21-3)16-4-14-7-6(16)8(18)15(2)11(20)17(7)10(12)13;1-5(9(16)18-3)14-4-11-7-6(14)8(15)13(2)10(17)12-7;3-2(4,5)1(6)7;/h4-5,10H,1-3H3;4-5H,1-3H3,(H,12,17);(H,6,7);/q;;;+1/p-1/t2*5-;;/m00../s1. The van der Waals surface area contributed by atoms with E-state index in [2.05, 4.69) is 36.0 Å². The van der Waals surface area contributed by atoms with Crippen molar-refractivity contribution in [2.75, 3.05) is 14.2 Å². The van der Waals surface area contributed by atoms with E-state index < -0.39 is 70.1 Å². The quantitative estimate of drug-likeness (QED) is 0.0871. The maximum Gasteiger partial charge on any atom is 1.00 e. The van der Waals surface area contributed by atoms with Gasteiger partial charge < -0.3 is 28.5 Å². The Morgan fingerprint density at radius 3 is 1.74 bits per heavy atom. The average molecular weight is 707 g/mol. The third-order valence-corrected chi connectivity index (χ3v) is 6.33. The number of esters is 2. The van der Waals surface area contributed by atoms with Gasteiger partial charge in [-0.05, 0) is 25.4 Å². The van der Waals surface area contributed by atoms with Crippen molar-refractivity contribution >= 4 is 51.8 Å². The molecular weight excluding hydrogens is 683 g/mol. The summed E-state index contributed by atoms with van der Waals surface area (Å²) in [4.78, 5) is 89.3. The van der Waals surface area contributed by atoms with Crippen molar-refractivity contribution in [2.24, 2.45) is 14.1 Å². The summed E-state index contributed by atoms with van der Waals surface area (Å²) in [6.07, 6.45) is 2.37. The van der Waals surface area contributed by atoms with Gasteiger partial charge in [0, 0.05) is 14.1 Å². The molecule has 0 amide bonds. The number of aromatic nitrogens is 8. The molecule has 4 aromatic heterocycles. The largest absolute Gasteiger partial charge is 1.00 e. The van der Waals surface area contributed by atoms with Crippen LogP contribution in [0.15, 0.2) is 31.8 Å². The van der Waals surface area contributed by atoms with Gasteiger partial charge in [-0.3, -0.25) is 23.7 Å². The summed E-state index contributed by atoms with van der Waals surface area (Å²) in [6, 6.07) is -1.64. The number of nitrogens with one attached hydrogen (secondary N) is 1. The second-order valence-electron chi connectivity index (χ2n) is 8.95. The van der Waals surface area contributed by atoms with Gasteiger partial charge in [0.15, 0.2) is 22.3 Å². The van der Waals surface area contributed by atoms with Gasteiger partial charge in [0.05, 0.1) is 26.9 Å². The van der Waals surface area contributed by atoms with E-state index in [1.54, 1.807) is 6.92 Å². The molecule has 0 fully saturated rings. The minimum absolute atomic E-state index is 0. The van der Waals surface area contributed by atoms with Crippen LogP contribution in [0.3, 0.4) is 0 Å². The summed E-state index contributed by atoms with van der Waals surface area (Å²) >= 11 is 3.87. The second kappa shape index (κ2) is 16.0. The molecule has 0 radical (unpaired) electrons. The molecule has 0 saturated heterocycles. The van der Waals surface area contributed by atoms with Crippen LogP contribution in [0.5, 0.6) is 0 Å². The van der Waals surface area contributed by atoms with Gasteiger partial charge in [-0.1, -0.05) is 0 Å². The van der Waals surface area contributed by atoms with Gasteiger partial charge in [0.1, 0.15) is 18.1 Å². The number of aliphatic carboxylic acids is 1. The number of hydrogen-bond donors (Lipinski definition) is 1. The number of imidazole rings is 2. The number of H-pyrrole nitrogens is 1. The van der Waals surface area contributed by atoms with Crippen molar-refractivity contribution in [3.63, 3.8) is 0 Å². The average Bonchev–Trinajstić information content (AvgIpc) is 3.62. The first-order valence-corrected chi connectivity index (χ1v) is 12.7. The number of carbonyl (C=O) groups excluding carboxylic acids is 3. The SMILES string of the molecule is COC(=O)[C@H](C)n1cnc2[nH]c(=O)n(C)c(=O)c21.COC(=O)[C@H](C)n1cnc2c1c(=O)n(C)c(=O)n2C(F)F.O=C([O-])C(F)(F)Cl.[Na+]. The van der Waals surface area contributed by atoms with E-state index in [9.17, 15) is 46.3 Å². The molecule has 0 bridgehead atoms. The summed E-state index contributed by atoms with van der Waals surface area (Å²) in [7, 11) is 4.84. The number of nitrogens with zero attached hydrogens (tertiary/aromatic N) is 7. The summed E-state index contributed by atoms with van der Waals surface area (Å²) in [5, 5.41) is 4.81. The van der Waals surface area contributed by atoms with Gasteiger partial charge >= 0.3 is 64.8 Å². The first-order chi connectivity index (χ1) is 21.2. The first kappa shape index (κ1) is 40.7. The Morgan fingerprint density at radius 2 is 1.32 bits per heavy atom. The van der Waals surface area contributed by atoms with Crippen LogP contribution in [0.1, 0.15) is 32.5 Å². The Morgan fingerprint density at radius 1 is 0.894 bits per heavy atom. The smallest absolute Gasteiger partial charge is 0.543 e. The molecule has 24 heteroatoms. The molecule has 18 nitrogen and oxygen atoms in total. The molecule has 4 rings (SSSR count). The topological polar surface area (TPSA) is 227 Å². The summed E-state index contributed by atoms with van der Waals surface area (Å²) in [5.74, 6) is -3.75. The molecule has 0 aromatic carbocycles. The van der Waals surface area contributed by atoms with Gasteiger partial charge in [-0.25, -0.2) is 33.7 Å². The van der Waals surface area contributed by atoms with E-state index in [0.29, 0.717) is 4.57 Å². The Kier molecular flexibility index (Phi) is 13.9. The molecule has 1 N–H and O–H groups in total. The molecule has 0 spiro atoms. The van der Waals surface area contributed by atoms with Crippen LogP contribution in [0.4, 0.5) is 17.6 Å². The number of ether oxygens (including phenoxy) is 2. The number of halogens is 5. The number of alkyl halides is 5. The van der Waals surface area contributed by atoms with Crippen molar-refractivity contribution in [2.45, 2.75) is 37.9 Å². The number of carboxylic acids is 1. The fourth-order valence-electron chi connectivity index (χ4n) is 3.66. The third-order valence-electron chi connectivity index (χ3n) is 6.18. The zero-order chi connectivity index (χ0) is 35.4. The van der Waals surface area contributed by atoms with Crippen molar-refractivity contribution < 1.29 is 76.1 Å². The fourth-order valence-corrected chi connectivity index (χ4v) is 3.66. The molecule has 0 unspecified atom stereocenters. The van der Waals surface area contributed by atoms with Crippen LogP contribution in [0.25, 0.3) is 22.3 Å². The van der Waals surface area contributed by atoms with Crippen LogP contribution in [0, 0.1) is 0 Å². The second-order valence-corrected chi connectivity index (χ2v) is 9.42. The van der Waals surface area contributed by atoms with Crippen LogP contribution in [0.2, 0.25) is 0 Å². The van der Waals surface area contributed by atoms with Crippen LogP contribution in [-0.2, 0) is 38.0 Å². The number of aromatic amines is 1. The molecule has 2 atom stereocenters. The van der Waals surface area contributed by atoms with Gasteiger partial charge in [-0.15, -0.1) is 0 Å². The molecule has 0 saturated carbocycles. The predicted molar refractivity (Wildman–Crippen MR) is 145 cm³/mol. The van der Waals surface area contributed by atoms with Crippen molar-refractivity contribution in [3.05, 3.63) is 54.3 Å². The van der Waals surface area contributed by atoms with Crippen molar-refractivity contribution in [1.82, 2.24) is 37.8 Å². The number of methoxy groups -OCH3 is 2. The molecule has 252 valence electrons. The summed E-state index contributed by atoms with van der Waals surface area (Å²) in [6.45, 7) is -0.162. The Hall–Kier alpha value is -4.28. The number of rotatable bonds is 6. The van der Waals surface area contributed by atoms with E-state index in [0.717, 1.165) is 29.6 Å². The fraction of sp³-hybridized carbons (Fsp3) is 0.435. The first-order valence-electron chi connectivity index (χ1n) is 12.3. The van der Waals surface area contributed by atoms with E-state index in [4.69, 9.17) is 9.90 Å². The number of fused-ring (bicyclic) bond motifs is 2. The van der Waals surface area contributed by atoms with Gasteiger partial charge in [0.2, 0.25) is 0 Å². The maximum atomic E-state index is 13.0. The predicted octanol–water partition coefficient (Wildman–Crippen LogP) is -4.24. The molecular formula is C23H24ClF4N8NaO10. The van der Waals surface area contributed by atoms with Gasteiger partial charge in [-0.2, -0.15) is 17.6 Å². The molecule has 4 heterocycles. The Bertz CT molecular complexity index is 2030. The van der Waals surface area contributed by atoms with E-state index in [1.165, 1.54) is 32.0 Å². The molecule has 47 heavy (non-hydrogen) atoms. The van der Waals surface area contributed by atoms with E-state index >= 15 is 0 Å². The third kappa shape index (κ3) is 8.55. The van der Waals surface area contributed by atoms with Crippen molar-refractivity contribution in [1.29, 1.82) is 0 Å². The van der Waals surface area contributed by atoms with Crippen LogP contribution >= 0.6 is 11.6 Å². The molecule has 0 aliphatic heterocycles. The summed E-state index contributed by atoms with van der Waals surface area (Å²) < 4.78 is 61.1. The number of carboxylic acid groups (broad SMARTS) is 1. The Labute approximate surface area is 285 Å². The zero-order valence-corrected chi connectivity index (χ0v) is 28.2. The zero-order valence-electron chi connectivity index (χ0n) is 25.5. The van der Waals surface area contributed by atoms with Crippen LogP contribution < -0.4 is 57.2 Å². The minimum atomic E-state index is -4.22. The maximum absolute atomic E-state index is 13.0. The molecule has 4 aromatic rings. The van der Waals surface area contributed by atoms with E-state index in [-0.39, 0.29) is 50.8 Å². The van der Waals surface area contributed by atoms with E-state index in [1.807, 2.05) is 0 Å². The summed E-state index contributed by atoms with van der Waals surface area (Å²) in [5.41, 5.74) is -3.50. The van der Waals surface area contributed by atoms with Crippen LogP contribution in [-0.4, -0.2) is 75.3 Å². The minimum Gasteiger partial charge on any atom is -0.543 e.